The zero-order valence-electron chi connectivity index (χ0n) is 16.9. The molecule has 28 heavy (non-hydrogen) atoms. The summed E-state index contributed by atoms with van der Waals surface area (Å²) in [4.78, 5) is 12.6. The molecule has 1 amide bonds. The summed E-state index contributed by atoms with van der Waals surface area (Å²) in [6.07, 6.45) is 5.51. The van der Waals surface area contributed by atoms with Crippen molar-refractivity contribution in [3.63, 3.8) is 0 Å². The fraction of sp³-hybridized carbons (Fsp3) is 0.240. The average Bonchev–Trinajstić information content (AvgIpc) is 2.88. The first-order valence-corrected chi connectivity index (χ1v) is 9.69. The molecule has 3 heteroatoms. The van der Waals surface area contributed by atoms with E-state index in [2.05, 4.69) is 50.9 Å². The molecule has 3 N–H and O–H groups in total. The summed E-state index contributed by atoms with van der Waals surface area (Å²) in [6.45, 7) is 10.5. The smallest absolute Gasteiger partial charge is 0.224 e. The number of nitrogens with two attached hydrogens (primary N) is 1. The normalized spacial score (nSPS) is 14.5. The summed E-state index contributed by atoms with van der Waals surface area (Å²) in [5.41, 5.74) is 14.1. The van der Waals surface area contributed by atoms with Gasteiger partial charge in [0.25, 0.3) is 0 Å². The van der Waals surface area contributed by atoms with Crippen molar-refractivity contribution in [2.24, 2.45) is 5.92 Å². The van der Waals surface area contributed by atoms with Crippen molar-refractivity contribution in [2.75, 3.05) is 11.1 Å². The second-order valence-electron chi connectivity index (χ2n) is 7.62. The maximum Gasteiger partial charge on any atom is 0.224 e. The van der Waals surface area contributed by atoms with Crippen LogP contribution in [0.4, 0.5) is 11.4 Å². The average molecular weight is 373 g/mol. The van der Waals surface area contributed by atoms with Crippen LogP contribution < -0.4 is 11.1 Å². The Bertz CT molecular complexity index is 965. The topological polar surface area (TPSA) is 55.1 Å². The Morgan fingerprint density at radius 2 is 1.86 bits per heavy atom. The predicted molar refractivity (Wildman–Crippen MR) is 121 cm³/mol. The number of benzene rings is 2. The number of carbonyl (C=O) groups is 1. The highest BCUT2D eigenvalue weighted by Gasteiger charge is 2.23. The van der Waals surface area contributed by atoms with E-state index in [1.165, 1.54) is 16.7 Å². The van der Waals surface area contributed by atoms with Crippen LogP contribution in [0.25, 0.3) is 17.2 Å². The van der Waals surface area contributed by atoms with Gasteiger partial charge < -0.3 is 11.1 Å². The van der Waals surface area contributed by atoms with Crippen molar-refractivity contribution < 1.29 is 4.79 Å². The molecule has 0 aliphatic heterocycles. The molecule has 1 unspecified atom stereocenters. The van der Waals surface area contributed by atoms with Gasteiger partial charge in [-0.15, -0.1) is 0 Å². The highest BCUT2D eigenvalue weighted by Crippen LogP contribution is 2.43. The fourth-order valence-corrected chi connectivity index (χ4v) is 3.55. The van der Waals surface area contributed by atoms with E-state index in [4.69, 9.17) is 5.73 Å². The number of nitrogens with one attached hydrogen (secondary N) is 1. The summed E-state index contributed by atoms with van der Waals surface area (Å²) in [6, 6.07) is 13.8. The molecule has 1 aliphatic rings. The maximum absolute atomic E-state index is 12.6. The second-order valence-corrected chi connectivity index (χ2v) is 7.62. The van der Waals surface area contributed by atoms with Crippen LogP contribution in [0, 0.1) is 5.92 Å². The number of rotatable bonds is 6. The van der Waals surface area contributed by atoms with Gasteiger partial charge in [0.05, 0.1) is 0 Å². The molecule has 144 valence electrons. The standard InChI is InChI=1S/C25H28N2O/c1-16(7-5-8-20-11-13-21(26)14-12-20)15-24(28)27-23-10-6-9-22-18(3)17(2)19(4)25(22)23/h5-6,8-14,16H,4,7,15,26H2,1-3H3,(H,27,28)/b8-5+. The van der Waals surface area contributed by atoms with Crippen molar-refractivity contribution >= 4 is 34.5 Å². The van der Waals surface area contributed by atoms with Gasteiger partial charge >= 0.3 is 0 Å². The number of carbonyl (C=O) groups excluding carboxylic acids is 1. The van der Waals surface area contributed by atoms with E-state index >= 15 is 0 Å². The zero-order chi connectivity index (χ0) is 20.3. The number of anilines is 2. The van der Waals surface area contributed by atoms with Crippen molar-refractivity contribution in [1.82, 2.24) is 0 Å². The van der Waals surface area contributed by atoms with Gasteiger partial charge in [-0.05, 0) is 72.2 Å². The Hall–Kier alpha value is -3.07. The van der Waals surface area contributed by atoms with E-state index in [0.717, 1.165) is 34.5 Å². The Morgan fingerprint density at radius 3 is 2.57 bits per heavy atom. The summed E-state index contributed by atoms with van der Waals surface area (Å²) in [5, 5.41) is 3.09. The molecule has 2 aromatic rings. The van der Waals surface area contributed by atoms with E-state index in [-0.39, 0.29) is 11.8 Å². The minimum Gasteiger partial charge on any atom is -0.399 e. The monoisotopic (exact) mass is 372 g/mol. The van der Waals surface area contributed by atoms with E-state index in [1.54, 1.807) is 0 Å². The molecule has 2 aromatic carbocycles. The van der Waals surface area contributed by atoms with Gasteiger partial charge in [-0.1, -0.05) is 49.9 Å². The third-order valence-electron chi connectivity index (χ3n) is 5.38. The third-order valence-corrected chi connectivity index (χ3v) is 5.38. The number of hydrogen-bond acceptors (Lipinski definition) is 2. The van der Waals surface area contributed by atoms with Gasteiger partial charge in [0, 0.05) is 23.4 Å². The predicted octanol–water partition coefficient (Wildman–Crippen LogP) is 6.16. The van der Waals surface area contributed by atoms with E-state index in [0.29, 0.717) is 6.42 Å². The molecule has 0 saturated carbocycles. The molecular weight excluding hydrogens is 344 g/mol. The van der Waals surface area contributed by atoms with Crippen LogP contribution >= 0.6 is 0 Å². The molecule has 0 saturated heterocycles. The number of nitrogen functional groups attached to an aromatic ring is 1. The molecule has 0 spiro atoms. The maximum atomic E-state index is 12.6. The first-order valence-electron chi connectivity index (χ1n) is 9.69. The molecule has 1 aliphatic carbocycles. The number of hydrogen-bond donors (Lipinski definition) is 2. The van der Waals surface area contributed by atoms with Crippen molar-refractivity contribution in [3.05, 3.63) is 77.4 Å². The lowest BCUT2D eigenvalue weighted by molar-refractivity contribution is -0.116. The Labute approximate surface area is 167 Å². The molecule has 0 fully saturated rings. The lowest BCUT2D eigenvalue weighted by Crippen LogP contribution is -2.16. The quantitative estimate of drug-likeness (QED) is 0.597. The third kappa shape index (κ3) is 4.25. The second kappa shape index (κ2) is 8.30. The highest BCUT2D eigenvalue weighted by atomic mass is 16.1. The first-order chi connectivity index (χ1) is 13.4. The van der Waals surface area contributed by atoms with Gasteiger partial charge in [0.2, 0.25) is 5.91 Å². The Morgan fingerprint density at radius 1 is 1.14 bits per heavy atom. The summed E-state index contributed by atoms with van der Waals surface area (Å²) >= 11 is 0. The van der Waals surface area contributed by atoms with Gasteiger partial charge in [0.1, 0.15) is 0 Å². The SMILES string of the molecule is C=C1C(C)=C(C)c2cccc(NC(=O)CC(C)C/C=C/c3ccc(N)cc3)c21. The van der Waals surface area contributed by atoms with Crippen LogP contribution in [0.5, 0.6) is 0 Å². The molecule has 1 atom stereocenters. The van der Waals surface area contributed by atoms with Crippen LogP contribution in [0.2, 0.25) is 0 Å². The van der Waals surface area contributed by atoms with E-state index in [9.17, 15) is 4.79 Å². The molecule has 0 bridgehead atoms. The van der Waals surface area contributed by atoms with Crippen molar-refractivity contribution in [2.45, 2.75) is 33.6 Å². The van der Waals surface area contributed by atoms with Crippen molar-refractivity contribution in [3.8, 4) is 0 Å². The molecule has 0 heterocycles. The minimum atomic E-state index is 0.0387. The number of fused-ring (bicyclic) bond motifs is 1. The summed E-state index contributed by atoms with van der Waals surface area (Å²) in [5.74, 6) is 0.295. The van der Waals surface area contributed by atoms with Crippen LogP contribution in [-0.2, 0) is 4.79 Å². The first kappa shape index (κ1) is 19.7. The zero-order valence-corrected chi connectivity index (χ0v) is 16.9. The minimum absolute atomic E-state index is 0.0387. The highest BCUT2D eigenvalue weighted by molar-refractivity contribution is 6.05. The number of amides is 1. The van der Waals surface area contributed by atoms with Gasteiger partial charge in [-0.25, -0.2) is 0 Å². The molecular formula is C25H28N2O. The molecule has 0 radical (unpaired) electrons. The fourth-order valence-electron chi connectivity index (χ4n) is 3.55. The van der Waals surface area contributed by atoms with Crippen LogP contribution in [0.3, 0.4) is 0 Å². The summed E-state index contributed by atoms with van der Waals surface area (Å²) < 4.78 is 0. The van der Waals surface area contributed by atoms with Crippen LogP contribution in [0.15, 0.2) is 60.7 Å². The van der Waals surface area contributed by atoms with E-state index in [1.807, 2.05) is 36.4 Å². The molecule has 0 aromatic heterocycles. The van der Waals surface area contributed by atoms with Crippen LogP contribution in [0.1, 0.15) is 50.3 Å². The largest absolute Gasteiger partial charge is 0.399 e. The molecule has 3 nitrogen and oxygen atoms in total. The lowest BCUT2D eigenvalue weighted by atomic mass is 10.0. The van der Waals surface area contributed by atoms with Gasteiger partial charge in [0.15, 0.2) is 0 Å². The Balaban J connectivity index is 1.58. The lowest BCUT2D eigenvalue weighted by Gasteiger charge is -2.14. The van der Waals surface area contributed by atoms with Crippen molar-refractivity contribution in [1.29, 1.82) is 0 Å². The number of allylic oxidation sites excluding steroid dienone is 4. The Kier molecular flexibility index (Phi) is 5.84. The van der Waals surface area contributed by atoms with Gasteiger partial charge in [-0.3, -0.25) is 4.79 Å². The van der Waals surface area contributed by atoms with Crippen LogP contribution in [-0.4, -0.2) is 5.91 Å². The molecule has 3 rings (SSSR count). The summed E-state index contributed by atoms with van der Waals surface area (Å²) in [7, 11) is 0. The van der Waals surface area contributed by atoms with E-state index < -0.39 is 0 Å². The van der Waals surface area contributed by atoms with Gasteiger partial charge in [-0.2, -0.15) is 0 Å².